The number of aromatic nitrogens is 2. The van der Waals surface area contributed by atoms with E-state index in [0.717, 1.165) is 18.1 Å². The van der Waals surface area contributed by atoms with Crippen molar-refractivity contribution in [1.82, 2.24) is 9.97 Å². The van der Waals surface area contributed by atoms with Gasteiger partial charge in [-0.25, -0.2) is 9.97 Å². The monoisotopic (exact) mass is 248 g/mol. The molecule has 2 rings (SSSR count). The van der Waals surface area contributed by atoms with Crippen molar-refractivity contribution in [2.75, 3.05) is 18.0 Å². The maximum absolute atomic E-state index is 5.75. The zero-order valence-electron chi connectivity index (χ0n) is 11.5. The van der Waals surface area contributed by atoms with E-state index >= 15 is 0 Å². The second-order valence-corrected chi connectivity index (χ2v) is 5.38. The molecule has 0 atom stereocenters. The minimum Gasteiger partial charge on any atom is -0.352 e. The summed E-state index contributed by atoms with van der Waals surface area (Å²) in [5.74, 6) is 1.49. The van der Waals surface area contributed by atoms with E-state index in [1.807, 2.05) is 0 Å². The molecule has 0 bridgehead atoms. The second kappa shape index (κ2) is 6.14. The van der Waals surface area contributed by atoms with Gasteiger partial charge in [0.25, 0.3) is 0 Å². The molecule has 0 radical (unpaired) electrons. The Hall–Kier alpha value is -1.16. The molecule has 0 aromatic carbocycles. The predicted octanol–water partition coefficient (Wildman–Crippen LogP) is 2.31. The Kier molecular flexibility index (Phi) is 4.53. The molecule has 1 aliphatic rings. The normalized spacial score (nSPS) is 16.4. The van der Waals surface area contributed by atoms with Gasteiger partial charge < -0.3 is 10.6 Å². The summed E-state index contributed by atoms with van der Waals surface area (Å²) in [6.45, 7) is 5.89. The van der Waals surface area contributed by atoms with Crippen LogP contribution in [-0.2, 0) is 0 Å². The Morgan fingerprint density at radius 3 is 2.67 bits per heavy atom. The van der Waals surface area contributed by atoms with E-state index in [2.05, 4.69) is 34.8 Å². The average molecular weight is 248 g/mol. The van der Waals surface area contributed by atoms with Crippen LogP contribution in [0.5, 0.6) is 0 Å². The molecule has 1 saturated carbocycles. The molecule has 1 aromatic heterocycles. The first-order valence-corrected chi connectivity index (χ1v) is 7.01. The van der Waals surface area contributed by atoms with Gasteiger partial charge in [0.05, 0.1) is 0 Å². The predicted molar refractivity (Wildman–Crippen MR) is 74.8 cm³/mol. The summed E-state index contributed by atoms with van der Waals surface area (Å²) >= 11 is 0. The summed E-state index contributed by atoms with van der Waals surface area (Å²) < 4.78 is 0. The molecule has 1 aliphatic carbocycles. The van der Waals surface area contributed by atoms with Crippen molar-refractivity contribution >= 4 is 5.82 Å². The van der Waals surface area contributed by atoms with Gasteiger partial charge in [0, 0.05) is 30.9 Å². The zero-order chi connectivity index (χ0) is 13.0. The van der Waals surface area contributed by atoms with Crippen molar-refractivity contribution in [3.8, 4) is 0 Å². The highest BCUT2D eigenvalue weighted by Gasteiger charge is 2.23. The number of anilines is 1. The van der Waals surface area contributed by atoms with E-state index in [9.17, 15) is 0 Å². The highest BCUT2D eigenvalue weighted by Crippen LogP contribution is 2.27. The second-order valence-electron chi connectivity index (χ2n) is 5.38. The van der Waals surface area contributed by atoms with E-state index < -0.39 is 0 Å². The highest BCUT2D eigenvalue weighted by molar-refractivity contribution is 5.41. The topological polar surface area (TPSA) is 55.0 Å². The van der Waals surface area contributed by atoms with E-state index in [1.54, 1.807) is 6.33 Å². The first-order chi connectivity index (χ1) is 8.72. The van der Waals surface area contributed by atoms with Gasteiger partial charge in [-0.1, -0.05) is 26.7 Å². The molecule has 100 valence electrons. The molecule has 0 spiro atoms. The zero-order valence-corrected chi connectivity index (χ0v) is 11.5. The molecule has 0 saturated heterocycles. The van der Waals surface area contributed by atoms with Crippen LogP contribution in [0.15, 0.2) is 12.4 Å². The van der Waals surface area contributed by atoms with Crippen LogP contribution in [0.3, 0.4) is 0 Å². The molecule has 2 N–H and O–H groups in total. The third-order valence-corrected chi connectivity index (χ3v) is 3.70. The Labute approximate surface area is 110 Å². The summed E-state index contributed by atoms with van der Waals surface area (Å²) in [4.78, 5) is 11.2. The molecule has 4 nitrogen and oxygen atoms in total. The Morgan fingerprint density at radius 1 is 1.33 bits per heavy atom. The molecular formula is C14H24N4. The summed E-state index contributed by atoms with van der Waals surface area (Å²) in [5.41, 5.74) is 6.86. The number of hydrogen-bond donors (Lipinski definition) is 1. The summed E-state index contributed by atoms with van der Waals surface area (Å²) in [6.07, 6.45) is 6.87. The van der Waals surface area contributed by atoms with E-state index in [0.29, 0.717) is 18.5 Å². The number of hydrogen-bond acceptors (Lipinski definition) is 4. The summed E-state index contributed by atoms with van der Waals surface area (Å²) in [6, 6.07) is 2.74. The fraction of sp³-hybridized carbons (Fsp3) is 0.714. The molecule has 1 heterocycles. The van der Waals surface area contributed by atoms with Crippen molar-refractivity contribution in [2.24, 2.45) is 5.73 Å². The number of nitrogens with zero attached hydrogens (tertiary/aromatic N) is 3. The Balaban J connectivity index is 2.21. The highest BCUT2D eigenvalue weighted by atomic mass is 15.2. The van der Waals surface area contributed by atoms with Gasteiger partial charge in [-0.3, -0.25) is 0 Å². The Morgan fingerprint density at radius 2 is 2.06 bits per heavy atom. The lowest BCUT2D eigenvalue weighted by molar-refractivity contribution is 0.600. The maximum Gasteiger partial charge on any atom is 0.132 e. The molecular weight excluding hydrogens is 224 g/mol. The third-order valence-electron chi connectivity index (χ3n) is 3.70. The minimum absolute atomic E-state index is 0.440. The van der Waals surface area contributed by atoms with Gasteiger partial charge in [0.15, 0.2) is 0 Å². The van der Waals surface area contributed by atoms with E-state index in [1.165, 1.54) is 25.7 Å². The average Bonchev–Trinajstić information content (AvgIpc) is 2.89. The van der Waals surface area contributed by atoms with E-state index in [-0.39, 0.29) is 0 Å². The van der Waals surface area contributed by atoms with Gasteiger partial charge >= 0.3 is 0 Å². The molecule has 1 aromatic rings. The van der Waals surface area contributed by atoms with Crippen molar-refractivity contribution in [2.45, 2.75) is 51.5 Å². The van der Waals surface area contributed by atoms with Crippen LogP contribution < -0.4 is 10.6 Å². The first-order valence-electron chi connectivity index (χ1n) is 7.01. The van der Waals surface area contributed by atoms with Crippen LogP contribution in [-0.4, -0.2) is 29.1 Å². The Bertz CT molecular complexity index is 372. The third kappa shape index (κ3) is 2.99. The smallest absolute Gasteiger partial charge is 0.132 e. The lowest BCUT2D eigenvalue weighted by Crippen LogP contribution is -2.38. The SMILES string of the molecule is CC(C)c1cc(N(CCN)C2CCCC2)ncn1. The van der Waals surface area contributed by atoms with Crippen LogP contribution in [0.1, 0.15) is 51.1 Å². The molecule has 0 amide bonds. The van der Waals surface area contributed by atoms with Crippen LogP contribution in [0.2, 0.25) is 0 Å². The van der Waals surface area contributed by atoms with Crippen molar-refractivity contribution in [3.63, 3.8) is 0 Å². The minimum atomic E-state index is 0.440. The lowest BCUT2D eigenvalue weighted by atomic mass is 10.1. The maximum atomic E-state index is 5.75. The van der Waals surface area contributed by atoms with Gasteiger partial charge in [-0.15, -0.1) is 0 Å². The van der Waals surface area contributed by atoms with Gasteiger partial charge in [0.1, 0.15) is 12.1 Å². The first kappa shape index (κ1) is 13.3. The van der Waals surface area contributed by atoms with Crippen LogP contribution in [0.4, 0.5) is 5.82 Å². The molecule has 1 fully saturated rings. The quantitative estimate of drug-likeness (QED) is 0.868. The van der Waals surface area contributed by atoms with Crippen LogP contribution in [0.25, 0.3) is 0 Å². The van der Waals surface area contributed by atoms with Crippen molar-refractivity contribution in [1.29, 1.82) is 0 Å². The molecule has 0 aliphatic heterocycles. The van der Waals surface area contributed by atoms with Gasteiger partial charge in [-0.05, 0) is 18.8 Å². The number of rotatable bonds is 5. The van der Waals surface area contributed by atoms with Gasteiger partial charge in [0.2, 0.25) is 0 Å². The lowest BCUT2D eigenvalue weighted by Gasteiger charge is -2.30. The fourth-order valence-corrected chi connectivity index (χ4v) is 2.67. The molecule has 18 heavy (non-hydrogen) atoms. The van der Waals surface area contributed by atoms with Gasteiger partial charge in [-0.2, -0.15) is 0 Å². The number of nitrogens with two attached hydrogens (primary N) is 1. The van der Waals surface area contributed by atoms with Crippen LogP contribution in [0, 0.1) is 0 Å². The summed E-state index contributed by atoms with van der Waals surface area (Å²) in [7, 11) is 0. The largest absolute Gasteiger partial charge is 0.352 e. The fourth-order valence-electron chi connectivity index (χ4n) is 2.67. The molecule has 4 heteroatoms. The molecule has 0 unspecified atom stereocenters. The van der Waals surface area contributed by atoms with Crippen molar-refractivity contribution < 1.29 is 0 Å². The van der Waals surface area contributed by atoms with E-state index in [4.69, 9.17) is 5.73 Å². The standard InChI is InChI=1S/C14H24N4/c1-11(2)13-9-14(17-10-16-13)18(8-7-15)12-5-3-4-6-12/h9-12H,3-8,15H2,1-2H3. The summed E-state index contributed by atoms with van der Waals surface area (Å²) in [5, 5.41) is 0. The van der Waals surface area contributed by atoms with Crippen LogP contribution >= 0.6 is 0 Å². The van der Waals surface area contributed by atoms with Crippen molar-refractivity contribution in [3.05, 3.63) is 18.1 Å².